The van der Waals surface area contributed by atoms with Crippen LogP contribution in [0.2, 0.25) is 0 Å². The van der Waals surface area contributed by atoms with Crippen LogP contribution in [0.1, 0.15) is 73.5 Å². The van der Waals surface area contributed by atoms with Crippen LogP contribution >= 0.6 is 0 Å². The molecule has 41 heavy (non-hydrogen) atoms. The first-order chi connectivity index (χ1) is 19.8. The molecule has 3 atom stereocenters. The predicted molar refractivity (Wildman–Crippen MR) is 160 cm³/mol. The van der Waals surface area contributed by atoms with Crippen molar-refractivity contribution in [1.29, 1.82) is 0 Å². The van der Waals surface area contributed by atoms with Crippen molar-refractivity contribution in [3.63, 3.8) is 0 Å². The Kier molecular flexibility index (Phi) is 9.63. The van der Waals surface area contributed by atoms with E-state index in [1.807, 2.05) is 29.2 Å². The van der Waals surface area contributed by atoms with Gasteiger partial charge in [0, 0.05) is 69.9 Å². The van der Waals surface area contributed by atoms with Gasteiger partial charge in [-0.05, 0) is 87.4 Å². The number of amides is 1. The normalized spacial score (nSPS) is 23.4. The second-order valence-corrected chi connectivity index (χ2v) is 12.4. The van der Waals surface area contributed by atoms with Crippen molar-refractivity contribution in [1.82, 2.24) is 19.6 Å². The van der Waals surface area contributed by atoms with E-state index in [2.05, 4.69) is 46.7 Å². The lowest BCUT2D eigenvalue weighted by atomic mass is 9.92. The average molecular weight is 563 g/mol. The van der Waals surface area contributed by atoms with Gasteiger partial charge in [-0.25, -0.2) is 0 Å². The second kappa shape index (κ2) is 13.4. The molecule has 222 valence electrons. The summed E-state index contributed by atoms with van der Waals surface area (Å²) >= 11 is 0. The topological polar surface area (TPSA) is 87.6 Å². The fraction of sp³-hybridized carbons (Fsp3) is 0.576. The van der Waals surface area contributed by atoms with Gasteiger partial charge >= 0.3 is 5.97 Å². The van der Waals surface area contributed by atoms with Crippen LogP contribution in [0.25, 0.3) is 0 Å². The molecule has 0 spiro atoms. The monoisotopic (exact) mass is 562 g/mol. The van der Waals surface area contributed by atoms with Crippen LogP contribution in [0.3, 0.4) is 0 Å². The third-order valence-electron chi connectivity index (χ3n) is 9.09. The number of piperazine rings is 2. The quantitative estimate of drug-likeness (QED) is 0.395. The minimum atomic E-state index is -0.742. The Morgan fingerprint density at radius 3 is 2.29 bits per heavy atom. The largest absolute Gasteiger partial charge is 0.508 e. The highest BCUT2D eigenvalue weighted by molar-refractivity contribution is 5.94. The highest BCUT2D eigenvalue weighted by Crippen LogP contribution is 2.37. The summed E-state index contributed by atoms with van der Waals surface area (Å²) in [6.07, 6.45) is 4.48. The standard InChI is InChI=1S/C33H46N4O4/c1-24-22-37(25(2)21-36(24)23-26-12-13-26)32(28-8-6-10-30(38)20-28)27-7-5-9-29(19-27)33(41)35-17-15-34(16-18-35)14-4-3-11-31(39)40/h5-10,19-20,24-26,32,38H,3-4,11-18,21-23H2,1-2H3,(H,39,40)/t24-,25-,32?/m1/s1. The number of aromatic hydroxyl groups is 1. The van der Waals surface area contributed by atoms with Crippen molar-refractivity contribution in [2.24, 2.45) is 5.92 Å². The molecule has 5 rings (SSSR count). The number of carboxylic acids is 1. The first kappa shape index (κ1) is 29.5. The first-order valence-electron chi connectivity index (χ1n) is 15.4. The van der Waals surface area contributed by atoms with E-state index >= 15 is 0 Å². The van der Waals surface area contributed by atoms with Crippen LogP contribution < -0.4 is 0 Å². The molecule has 0 aromatic heterocycles. The number of aliphatic carboxylic acids is 1. The maximum atomic E-state index is 13.6. The number of hydrogen-bond donors (Lipinski definition) is 2. The van der Waals surface area contributed by atoms with E-state index in [4.69, 9.17) is 5.11 Å². The molecule has 3 fully saturated rings. The zero-order chi connectivity index (χ0) is 28.9. The predicted octanol–water partition coefficient (Wildman–Crippen LogP) is 4.30. The summed E-state index contributed by atoms with van der Waals surface area (Å²) in [6.45, 7) is 11.6. The lowest BCUT2D eigenvalue weighted by Gasteiger charge is -2.48. The fourth-order valence-electron chi connectivity index (χ4n) is 6.55. The number of carboxylic acid groups (broad SMARTS) is 1. The number of unbranched alkanes of at least 4 members (excludes halogenated alkanes) is 1. The molecule has 0 bridgehead atoms. The van der Waals surface area contributed by atoms with Crippen LogP contribution in [0.5, 0.6) is 5.75 Å². The van der Waals surface area contributed by atoms with Crippen LogP contribution in [-0.2, 0) is 4.79 Å². The summed E-state index contributed by atoms with van der Waals surface area (Å²) in [6, 6.07) is 16.4. The molecule has 2 saturated heterocycles. The zero-order valence-corrected chi connectivity index (χ0v) is 24.6. The summed E-state index contributed by atoms with van der Waals surface area (Å²) in [5.41, 5.74) is 2.82. The third-order valence-corrected chi connectivity index (χ3v) is 9.09. The van der Waals surface area contributed by atoms with Crippen LogP contribution in [0, 0.1) is 5.92 Å². The molecule has 2 aromatic rings. The molecule has 2 aliphatic heterocycles. The minimum absolute atomic E-state index is 0.0574. The summed E-state index contributed by atoms with van der Waals surface area (Å²) in [5.74, 6) is 0.435. The second-order valence-electron chi connectivity index (χ2n) is 12.4. The van der Waals surface area contributed by atoms with Crippen molar-refractivity contribution in [3.8, 4) is 5.75 Å². The Hall–Kier alpha value is -2.94. The van der Waals surface area contributed by atoms with Crippen molar-refractivity contribution in [2.75, 3.05) is 52.4 Å². The number of carbonyl (C=O) groups is 2. The van der Waals surface area contributed by atoms with Crippen molar-refractivity contribution in [2.45, 2.75) is 64.1 Å². The average Bonchev–Trinajstić information content (AvgIpc) is 3.78. The molecule has 8 heteroatoms. The summed E-state index contributed by atoms with van der Waals surface area (Å²) < 4.78 is 0. The SMILES string of the molecule is C[C@@H]1CN(C(c2cccc(O)c2)c2cccc(C(=O)N3CCN(CCCCC(=O)O)CC3)c2)[C@H](C)CN1CC1CC1. The highest BCUT2D eigenvalue weighted by Gasteiger charge is 2.37. The lowest BCUT2D eigenvalue weighted by molar-refractivity contribution is -0.137. The van der Waals surface area contributed by atoms with E-state index in [1.54, 1.807) is 6.07 Å². The van der Waals surface area contributed by atoms with E-state index in [1.165, 1.54) is 19.4 Å². The van der Waals surface area contributed by atoms with Gasteiger partial charge in [0.05, 0.1) is 6.04 Å². The molecule has 0 radical (unpaired) electrons. The van der Waals surface area contributed by atoms with Gasteiger partial charge in [-0.1, -0.05) is 24.3 Å². The van der Waals surface area contributed by atoms with Crippen molar-refractivity contribution in [3.05, 3.63) is 65.2 Å². The molecule has 2 N–H and O–H groups in total. The van der Waals surface area contributed by atoms with Gasteiger partial charge in [-0.15, -0.1) is 0 Å². The minimum Gasteiger partial charge on any atom is -0.508 e. The van der Waals surface area contributed by atoms with Crippen LogP contribution in [0.4, 0.5) is 0 Å². The van der Waals surface area contributed by atoms with Crippen molar-refractivity contribution < 1.29 is 19.8 Å². The number of nitrogens with zero attached hydrogens (tertiary/aromatic N) is 4. The Labute approximate surface area is 244 Å². The molecule has 2 aromatic carbocycles. The van der Waals surface area contributed by atoms with E-state index in [0.717, 1.165) is 56.2 Å². The van der Waals surface area contributed by atoms with E-state index in [0.29, 0.717) is 37.2 Å². The molecule has 1 unspecified atom stereocenters. The number of hydrogen-bond acceptors (Lipinski definition) is 6. The number of benzene rings is 2. The molecule has 8 nitrogen and oxygen atoms in total. The molecule has 1 saturated carbocycles. The molecule has 2 heterocycles. The number of phenolic OH excluding ortho intramolecular Hbond substituents is 1. The van der Waals surface area contributed by atoms with E-state index < -0.39 is 5.97 Å². The number of carbonyl (C=O) groups excluding carboxylic acids is 1. The van der Waals surface area contributed by atoms with Gasteiger partial charge in [-0.3, -0.25) is 24.3 Å². The smallest absolute Gasteiger partial charge is 0.303 e. The van der Waals surface area contributed by atoms with Crippen LogP contribution in [-0.4, -0.2) is 106 Å². The van der Waals surface area contributed by atoms with Gasteiger partial charge in [-0.2, -0.15) is 0 Å². The van der Waals surface area contributed by atoms with Crippen LogP contribution in [0.15, 0.2) is 48.5 Å². The van der Waals surface area contributed by atoms with Gasteiger partial charge in [0.1, 0.15) is 5.75 Å². The zero-order valence-electron chi connectivity index (χ0n) is 24.6. The van der Waals surface area contributed by atoms with Gasteiger partial charge in [0.15, 0.2) is 0 Å². The Morgan fingerprint density at radius 1 is 0.902 bits per heavy atom. The molecular weight excluding hydrogens is 516 g/mol. The Bertz CT molecular complexity index is 1190. The third kappa shape index (κ3) is 7.67. The first-order valence-corrected chi connectivity index (χ1v) is 15.4. The van der Waals surface area contributed by atoms with Gasteiger partial charge in [0.25, 0.3) is 5.91 Å². The molecule has 3 aliphatic rings. The van der Waals surface area contributed by atoms with Gasteiger partial charge in [0.2, 0.25) is 0 Å². The highest BCUT2D eigenvalue weighted by atomic mass is 16.4. The van der Waals surface area contributed by atoms with E-state index in [-0.39, 0.29) is 24.1 Å². The van der Waals surface area contributed by atoms with Crippen molar-refractivity contribution >= 4 is 11.9 Å². The maximum Gasteiger partial charge on any atom is 0.303 e. The van der Waals surface area contributed by atoms with E-state index in [9.17, 15) is 14.7 Å². The molecular formula is C33H46N4O4. The number of phenols is 1. The Morgan fingerprint density at radius 2 is 1.61 bits per heavy atom. The summed E-state index contributed by atoms with van der Waals surface area (Å²) in [5, 5.41) is 19.2. The summed E-state index contributed by atoms with van der Waals surface area (Å²) in [4.78, 5) is 33.9. The molecule has 1 aliphatic carbocycles. The van der Waals surface area contributed by atoms with Gasteiger partial charge < -0.3 is 15.1 Å². The fourth-order valence-corrected chi connectivity index (χ4v) is 6.55. The Balaban J connectivity index is 1.30. The maximum absolute atomic E-state index is 13.6. The molecule has 1 amide bonds. The summed E-state index contributed by atoms with van der Waals surface area (Å²) in [7, 11) is 0. The number of rotatable bonds is 11. The lowest BCUT2D eigenvalue weighted by Crippen LogP contribution is -2.57.